The zero-order valence-corrected chi connectivity index (χ0v) is 40.6. The fraction of sp³-hybridized carbons (Fsp3) is 0.833. The van der Waals surface area contributed by atoms with Crippen LogP contribution in [0.4, 0.5) is 0 Å². The van der Waals surface area contributed by atoms with Crippen molar-refractivity contribution in [2.45, 2.75) is 145 Å². The van der Waals surface area contributed by atoms with Gasteiger partial charge in [0.2, 0.25) is 0 Å². The van der Waals surface area contributed by atoms with Crippen molar-refractivity contribution in [2.75, 3.05) is 0 Å². The van der Waals surface area contributed by atoms with Gasteiger partial charge in [0, 0.05) is 0 Å². The maximum absolute atomic E-state index is 5.23. The van der Waals surface area contributed by atoms with E-state index in [1.54, 1.807) is 0 Å². The molecule has 42 heavy (non-hydrogen) atoms. The minimum Gasteiger partial charge on any atom is -0.660 e. The third-order valence-electron chi connectivity index (χ3n) is 10.1. The van der Waals surface area contributed by atoms with Crippen molar-refractivity contribution in [3.05, 3.63) is 54.5 Å². The molecule has 6 heteroatoms. The zero-order chi connectivity index (χ0) is 27.2. The van der Waals surface area contributed by atoms with Crippen LogP contribution < -0.4 is 0 Å². The Hall–Kier alpha value is 2.12. The molecule has 0 aliphatic heterocycles. The summed E-state index contributed by atoms with van der Waals surface area (Å²) in [7, 11) is -2.98. The fourth-order valence-corrected chi connectivity index (χ4v) is 18.7. The van der Waals surface area contributed by atoms with Gasteiger partial charge in [-0.15, -0.1) is 11.1 Å². The molecule has 2 aliphatic rings. The standard InChI is InChI=1S/2C15H32NSi.6CH3.2Zr/c2*1-10-11(2)13(4)14(12(10)3)17(8,9)16-15(5,6)7;;;;;;;;/h2*10-14H,1-9H3;6*1H3;;/q8*-1;2*+4. The van der Waals surface area contributed by atoms with E-state index in [0.717, 1.165) is 58.4 Å². The molecule has 8 unspecified atom stereocenters. The van der Waals surface area contributed by atoms with Crippen LogP contribution in [0.2, 0.25) is 37.3 Å². The van der Waals surface area contributed by atoms with Gasteiger partial charge in [0.05, 0.1) is 0 Å². The topological polar surface area (TPSA) is 28.2 Å². The molecule has 0 bridgehead atoms. The van der Waals surface area contributed by atoms with E-state index in [4.69, 9.17) is 9.96 Å². The van der Waals surface area contributed by atoms with Crippen LogP contribution in [0.5, 0.6) is 0 Å². The van der Waals surface area contributed by atoms with Crippen LogP contribution in [0.3, 0.4) is 0 Å². The quantitative estimate of drug-likeness (QED) is 0.201. The normalized spacial score (nSPS) is 32.1. The third kappa shape index (κ3) is 16.3. The van der Waals surface area contributed by atoms with Crippen molar-refractivity contribution in [1.29, 1.82) is 0 Å². The Kier molecular flexibility index (Phi) is 33.9. The first-order chi connectivity index (χ1) is 14.9. The van der Waals surface area contributed by atoms with Crippen LogP contribution in [0.25, 0.3) is 9.96 Å². The van der Waals surface area contributed by atoms with Gasteiger partial charge < -0.3 is 54.5 Å². The van der Waals surface area contributed by atoms with E-state index < -0.39 is 16.5 Å². The van der Waals surface area contributed by atoms with Crippen LogP contribution >= 0.6 is 0 Å². The predicted octanol–water partition coefficient (Wildman–Crippen LogP) is 13.3. The molecular formula is C36H82N2Si2Zr2. The number of hydrogen-bond acceptors (Lipinski definition) is 0. The van der Waals surface area contributed by atoms with Gasteiger partial charge in [-0.2, -0.15) is 0 Å². The summed E-state index contributed by atoms with van der Waals surface area (Å²) in [6, 6.07) is 0. The van der Waals surface area contributed by atoms with Gasteiger partial charge in [0.1, 0.15) is 0 Å². The molecule has 0 saturated heterocycles. The van der Waals surface area contributed by atoms with Gasteiger partial charge in [-0.05, 0) is 47.3 Å². The second kappa shape index (κ2) is 22.6. The van der Waals surface area contributed by atoms with Crippen molar-refractivity contribution in [3.8, 4) is 0 Å². The van der Waals surface area contributed by atoms with Gasteiger partial charge in [-0.3, -0.25) is 0 Å². The predicted molar refractivity (Wildman–Crippen MR) is 200 cm³/mol. The monoisotopic (exact) mass is 778 g/mol. The molecule has 0 aromatic heterocycles. The maximum atomic E-state index is 5.23. The van der Waals surface area contributed by atoms with Gasteiger partial charge in [-0.1, -0.05) is 151 Å². The minimum atomic E-state index is -1.49. The van der Waals surface area contributed by atoms with Crippen LogP contribution in [0, 0.1) is 91.9 Å². The zero-order valence-electron chi connectivity index (χ0n) is 33.7. The summed E-state index contributed by atoms with van der Waals surface area (Å²) in [5.41, 5.74) is 1.97. The second-order valence-corrected chi connectivity index (χ2v) is 24.2. The van der Waals surface area contributed by atoms with E-state index in [0.29, 0.717) is 0 Å². The van der Waals surface area contributed by atoms with Crippen LogP contribution in [-0.2, 0) is 52.4 Å². The molecule has 2 rings (SSSR count). The summed E-state index contributed by atoms with van der Waals surface area (Å²) in [6.07, 6.45) is 0. The molecule has 0 heterocycles. The van der Waals surface area contributed by atoms with Crippen molar-refractivity contribution >= 4 is 16.5 Å². The average molecular weight is 782 g/mol. The molecule has 0 aromatic carbocycles. The number of rotatable bonds is 4. The van der Waals surface area contributed by atoms with Crippen LogP contribution in [0.15, 0.2) is 0 Å². The SMILES string of the molecule is CC1C(C)C(C)C([Si](C)(C)[N-]C(C)(C)C)C1C.CC1C(C)C(C)C([Si](C)(C)[N-]C(C)(C)C)C1C.[CH3-].[CH3-].[CH3-].[CH3-].[CH3-].[CH3-].[Zr+4].[Zr+4]. The first-order valence-corrected chi connectivity index (χ1v) is 20.5. The Morgan fingerprint density at radius 1 is 0.357 bits per heavy atom. The first kappa shape index (κ1) is 62.9. The molecule has 0 N–H and O–H groups in total. The van der Waals surface area contributed by atoms with E-state index in [2.05, 4.69) is 123 Å². The van der Waals surface area contributed by atoms with Gasteiger partial charge in [-0.25, -0.2) is 0 Å². The molecular weight excluding hydrogens is 699 g/mol. The third-order valence-corrected chi connectivity index (χ3v) is 18.0. The van der Waals surface area contributed by atoms with Crippen molar-refractivity contribution in [2.24, 2.45) is 47.3 Å². The second-order valence-electron chi connectivity index (χ2n) is 15.8. The van der Waals surface area contributed by atoms with Crippen molar-refractivity contribution in [1.82, 2.24) is 0 Å². The summed E-state index contributed by atoms with van der Waals surface area (Å²) < 4.78 is 0. The summed E-state index contributed by atoms with van der Waals surface area (Å²) in [6.45, 7) is 43.0. The minimum absolute atomic E-state index is 0. The summed E-state index contributed by atoms with van der Waals surface area (Å²) in [4.78, 5) is 10.5. The molecule has 0 amide bonds. The largest absolute Gasteiger partial charge is 4.00 e. The van der Waals surface area contributed by atoms with Gasteiger partial charge >= 0.3 is 52.4 Å². The molecule has 2 fully saturated rings. The molecule has 2 saturated carbocycles. The summed E-state index contributed by atoms with van der Waals surface area (Å²) in [5.74, 6) is 6.80. The summed E-state index contributed by atoms with van der Waals surface area (Å²) in [5, 5.41) is 0. The van der Waals surface area contributed by atoms with Gasteiger partial charge in [0.15, 0.2) is 0 Å². The first-order valence-electron chi connectivity index (χ1n) is 14.4. The average Bonchev–Trinajstić information content (AvgIpc) is 2.91. The Labute approximate surface area is 313 Å². The van der Waals surface area contributed by atoms with E-state index in [9.17, 15) is 0 Å². The Bertz CT molecular complexity index is 574. The van der Waals surface area contributed by atoms with Gasteiger partial charge in [0.25, 0.3) is 0 Å². The fourth-order valence-electron chi connectivity index (χ4n) is 8.63. The van der Waals surface area contributed by atoms with E-state index in [1.807, 2.05) is 0 Å². The maximum Gasteiger partial charge on any atom is 4.00 e. The van der Waals surface area contributed by atoms with Crippen molar-refractivity contribution in [3.63, 3.8) is 0 Å². The smallest absolute Gasteiger partial charge is 0.660 e. The molecule has 0 aromatic rings. The van der Waals surface area contributed by atoms with Crippen molar-refractivity contribution < 1.29 is 52.4 Å². The molecule has 2 nitrogen and oxygen atoms in total. The van der Waals surface area contributed by atoms with Crippen LogP contribution in [0.1, 0.15) is 96.9 Å². The summed E-state index contributed by atoms with van der Waals surface area (Å²) >= 11 is 0. The Morgan fingerprint density at radius 2 is 0.500 bits per heavy atom. The Balaban J connectivity index is -0.0000000771. The number of hydrogen-bond donors (Lipinski definition) is 0. The van der Waals surface area contributed by atoms with E-state index in [1.165, 1.54) is 0 Å². The molecule has 8 atom stereocenters. The Morgan fingerprint density at radius 3 is 0.619 bits per heavy atom. The van der Waals surface area contributed by atoms with E-state index >= 15 is 0 Å². The molecule has 0 spiro atoms. The molecule has 2 aliphatic carbocycles. The molecule has 252 valence electrons. The number of nitrogens with zero attached hydrogens (tertiary/aromatic N) is 2. The van der Waals surface area contributed by atoms with E-state index in [-0.39, 0.29) is 108 Å². The van der Waals surface area contributed by atoms with Crippen LogP contribution in [-0.4, -0.2) is 27.5 Å². The molecule has 0 radical (unpaired) electrons.